The lowest BCUT2D eigenvalue weighted by Crippen LogP contribution is -2.43. The molecule has 138 valence electrons. The molecule has 6 nitrogen and oxygen atoms in total. The zero-order valence-corrected chi connectivity index (χ0v) is 13.4. The summed E-state index contributed by atoms with van der Waals surface area (Å²) >= 11 is 0. The van der Waals surface area contributed by atoms with Crippen LogP contribution in [0.5, 0.6) is 0 Å². The van der Waals surface area contributed by atoms with E-state index < -0.39 is 18.2 Å². The van der Waals surface area contributed by atoms with E-state index in [-0.39, 0.29) is 12.5 Å². The largest absolute Gasteiger partial charge is 0.490 e. The molecule has 1 unspecified atom stereocenters. The fourth-order valence-corrected chi connectivity index (χ4v) is 1.51. The minimum absolute atomic E-state index is 0.256. The number of alkyl halides is 3. The van der Waals surface area contributed by atoms with Gasteiger partial charge in [0.1, 0.15) is 6.04 Å². The molecule has 5 N–H and O–H groups in total. The number of nitrogens with two attached hydrogens (primary N) is 1. The van der Waals surface area contributed by atoms with Gasteiger partial charge in [0, 0.05) is 6.54 Å². The Hall–Kier alpha value is -1.35. The number of rotatable bonds is 10. The smallest absolute Gasteiger partial charge is 0.475 e. The molecule has 0 saturated heterocycles. The molecule has 0 aromatic heterocycles. The molecule has 0 aliphatic rings. The number of carbonyl (C=O) groups is 2. The summed E-state index contributed by atoms with van der Waals surface area (Å²) in [5.41, 5.74) is 5.35. The second-order valence-electron chi connectivity index (χ2n) is 5.00. The van der Waals surface area contributed by atoms with E-state index in [1.54, 1.807) is 0 Å². The molecule has 0 aromatic carbocycles. The standard InChI is InChI=1S/C12H26N2O2.C2HF3O2/c1-2-3-4-5-6-7-8-9-14-12(16)11(13)10-15;3-2(4,5)1(6)7/h11,15H,2-10,13H2,1H3,(H,14,16);(H,6,7). The van der Waals surface area contributed by atoms with Crippen molar-refractivity contribution in [3.63, 3.8) is 0 Å². The summed E-state index contributed by atoms with van der Waals surface area (Å²) in [5, 5.41) is 18.5. The number of aliphatic hydroxyl groups is 1. The Labute approximate surface area is 134 Å². The predicted octanol–water partition coefficient (Wildman–Crippen LogP) is 1.81. The Morgan fingerprint density at radius 3 is 1.91 bits per heavy atom. The van der Waals surface area contributed by atoms with E-state index >= 15 is 0 Å². The van der Waals surface area contributed by atoms with Crippen LogP contribution in [-0.4, -0.2) is 47.5 Å². The molecule has 0 radical (unpaired) electrons. The fraction of sp³-hybridized carbons (Fsp3) is 0.857. The minimum Gasteiger partial charge on any atom is -0.475 e. The summed E-state index contributed by atoms with van der Waals surface area (Å²) < 4.78 is 31.7. The number of carboxylic acid groups (broad SMARTS) is 1. The first-order chi connectivity index (χ1) is 10.7. The summed E-state index contributed by atoms with van der Waals surface area (Å²) in [6.45, 7) is 2.59. The van der Waals surface area contributed by atoms with Gasteiger partial charge in [-0.1, -0.05) is 45.4 Å². The van der Waals surface area contributed by atoms with E-state index in [1.165, 1.54) is 32.1 Å². The Morgan fingerprint density at radius 2 is 1.52 bits per heavy atom. The maximum atomic E-state index is 11.2. The number of aliphatic hydroxyl groups excluding tert-OH is 1. The highest BCUT2D eigenvalue weighted by Crippen LogP contribution is 2.13. The topological polar surface area (TPSA) is 113 Å². The van der Waals surface area contributed by atoms with Gasteiger partial charge in [-0.3, -0.25) is 4.79 Å². The van der Waals surface area contributed by atoms with Crippen molar-refractivity contribution in [3.05, 3.63) is 0 Å². The van der Waals surface area contributed by atoms with Crippen LogP contribution >= 0.6 is 0 Å². The number of hydrogen-bond donors (Lipinski definition) is 4. The van der Waals surface area contributed by atoms with E-state index in [2.05, 4.69) is 12.2 Å². The number of halogens is 3. The van der Waals surface area contributed by atoms with Crippen LogP contribution < -0.4 is 11.1 Å². The molecule has 0 rings (SSSR count). The van der Waals surface area contributed by atoms with Crippen molar-refractivity contribution in [2.45, 2.75) is 64.1 Å². The second-order valence-corrected chi connectivity index (χ2v) is 5.00. The van der Waals surface area contributed by atoms with Gasteiger partial charge in [0.25, 0.3) is 0 Å². The van der Waals surface area contributed by atoms with Crippen molar-refractivity contribution in [1.29, 1.82) is 0 Å². The highest BCUT2D eigenvalue weighted by molar-refractivity contribution is 5.81. The summed E-state index contributed by atoms with van der Waals surface area (Å²) in [6, 6.07) is -0.774. The number of unbranched alkanes of at least 4 members (excludes halogenated alkanes) is 6. The van der Waals surface area contributed by atoms with Crippen LogP contribution in [0.2, 0.25) is 0 Å². The Kier molecular flexibility index (Phi) is 14.8. The number of aliphatic carboxylic acids is 1. The van der Waals surface area contributed by atoms with Crippen LogP contribution in [0.3, 0.4) is 0 Å². The molecule has 0 fully saturated rings. The van der Waals surface area contributed by atoms with Crippen molar-refractivity contribution in [2.24, 2.45) is 5.73 Å². The van der Waals surface area contributed by atoms with Gasteiger partial charge in [-0.2, -0.15) is 13.2 Å². The maximum absolute atomic E-state index is 11.2. The van der Waals surface area contributed by atoms with Gasteiger partial charge in [0.15, 0.2) is 0 Å². The molecule has 0 aromatic rings. The number of amides is 1. The molecule has 0 heterocycles. The number of carboxylic acids is 1. The van der Waals surface area contributed by atoms with E-state index in [9.17, 15) is 18.0 Å². The number of carbonyl (C=O) groups excluding carboxylic acids is 1. The van der Waals surface area contributed by atoms with Gasteiger partial charge in [0.05, 0.1) is 6.61 Å². The molecule has 1 atom stereocenters. The van der Waals surface area contributed by atoms with E-state index in [0.717, 1.165) is 12.8 Å². The van der Waals surface area contributed by atoms with Crippen LogP contribution in [0.25, 0.3) is 0 Å². The lowest BCUT2D eigenvalue weighted by Gasteiger charge is -2.09. The molecular weight excluding hydrogens is 317 g/mol. The van der Waals surface area contributed by atoms with E-state index in [4.69, 9.17) is 20.7 Å². The van der Waals surface area contributed by atoms with Gasteiger partial charge in [-0.15, -0.1) is 0 Å². The lowest BCUT2D eigenvalue weighted by atomic mass is 10.1. The van der Waals surface area contributed by atoms with Gasteiger partial charge in [-0.05, 0) is 6.42 Å². The quantitative estimate of drug-likeness (QED) is 0.452. The number of nitrogens with one attached hydrogen (secondary N) is 1. The van der Waals surface area contributed by atoms with Crippen LogP contribution in [0.15, 0.2) is 0 Å². The third kappa shape index (κ3) is 16.8. The molecule has 0 spiro atoms. The van der Waals surface area contributed by atoms with Crippen molar-refractivity contribution in [3.8, 4) is 0 Å². The lowest BCUT2D eigenvalue weighted by molar-refractivity contribution is -0.192. The number of hydrogen-bond acceptors (Lipinski definition) is 4. The molecule has 0 saturated carbocycles. The van der Waals surface area contributed by atoms with E-state index in [0.29, 0.717) is 6.54 Å². The van der Waals surface area contributed by atoms with Crippen molar-refractivity contribution >= 4 is 11.9 Å². The zero-order valence-electron chi connectivity index (χ0n) is 13.4. The van der Waals surface area contributed by atoms with Gasteiger partial charge in [0.2, 0.25) is 5.91 Å². The Bertz CT molecular complexity index is 326. The van der Waals surface area contributed by atoms with Gasteiger partial charge >= 0.3 is 12.1 Å². The first kappa shape index (κ1) is 23.9. The maximum Gasteiger partial charge on any atom is 0.490 e. The van der Waals surface area contributed by atoms with Gasteiger partial charge in [-0.25, -0.2) is 4.79 Å². The summed E-state index contributed by atoms with van der Waals surface area (Å²) in [6.07, 6.45) is 3.50. The third-order valence-electron chi connectivity index (χ3n) is 2.86. The summed E-state index contributed by atoms with van der Waals surface area (Å²) in [7, 11) is 0. The minimum atomic E-state index is -5.08. The van der Waals surface area contributed by atoms with Crippen LogP contribution in [0.4, 0.5) is 13.2 Å². The average Bonchev–Trinajstić information content (AvgIpc) is 2.48. The normalized spacial score (nSPS) is 12.1. The summed E-state index contributed by atoms with van der Waals surface area (Å²) in [5.74, 6) is -3.01. The molecule has 0 aliphatic heterocycles. The third-order valence-corrected chi connectivity index (χ3v) is 2.86. The van der Waals surface area contributed by atoms with Crippen LogP contribution in [-0.2, 0) is 9.59 Å². The molecule has 0 bridgehead atoms. The van der Waals surface area contributed by atoms with Crippen LogP contribution in [0.1, 0.15) is 51.9 Å². The summed E-state index contributed by atoms with van der Waals surface area (Å²) in [4.78, 5) is 20.0. The van der Waals surface area contributed by atoms with E-state index in [1.807, 2.05) is 0 Å². The highest BCUT2D eigenvalue weighted by Gasteiger charge is 2.38. The molecular formula is C14H27F3N2O4. The average molecular weight is 344 g/mol. The monoisotopic (exact) mass is 344 g/mol. The SMILES string of the molecule is CCCCCCCCCNC(=O)C(N)CO.O=C(O)C(F)(F)F. The molecule has 9 heteroatoms. The first-order valence-electron chi connectivity index (χ1n) is 7.61. The van der Waals surface area contributed by atoms with Crippen molar-refractivity contribution < 1.29 is 33.0 Å². The first-order valence-corrected chi connectivity index (χ1v) is 7.61. The predicted molar refractivity (Wildman–Crippen MR) is 79.8 cm³/mol. The van der Waals surface area contributed by atoms with Crippen molar-refractivity contribution in [1.82, 2.24) is 5.32 Å². The molecule has 1 amide bonds. The van der Waals surface area contributed by atoms with Crippen LogP contribution in [0, 0.1) is 0 Å². The fourth-order valence-electron chi connectivity index (χ4n) is 1.51. The second kappa shape index (κ2) is 14.3. The van der Waals surface area contributed by atoms with Crippen molar-refractivity contribution in [2.75, 3.05) is 13.2 Å². The Balaban J connectivity index is 0. The zero-order chi connectivity index (χ0) is 18.3. The Morgan fingerprint density at radius 1 is 1.09 bits per heavy atom. The highest BCUT2D eigenvalue weighted by atomic mass is 19.4. The molecule has 23 heavy (non-hydrogen) atoms. The van der Waals surface area contributed by atoms with Gasteiger partial charge < -0.3 is 21.3 Å². The molecule has 0 aliphatic carbocycles.